The molecule has 0 radical (unpaired) electrons. The minimum atomic E-state index is -4.44. The molecule has 32 heavy (non-hydrogen) atoms. The van der Waals surface area contributed by atoms with Crippen LogP contribution in [0.15, 0.2) is 24.3 Å². The van der Waals surface area contributed by atoms with Crippen molar-refractivity contribution in [2.24, 2.45) is 0 Å². The number of hydrogen-bond acceptors (Lipinski definition) is 4. The largest absolute Gasteiger partial charge is 0.469 e. The van der Waals surface area contributed by atoms with E-state index >= 15 is 0 Å². The highest BCUT2D eigenvalue weighted by atomic mass is 19.4. The minimum absolute atomic E-state index is 0.0892. The lowest BCUT2D eigenvalue weighted by Gasteiger charge is -2.30. The van der Waals surface area contributed by atoms with Gasteiger partial charge in [0.2, 0.25) is 0 Å². The zero-order valence-corrected chi connectivity index (χ0v) is 19.2. The van der Waals surface area contributed by atoms with Crippen molar-refractivity contribution < 1.29 is 22.7 Å². The number of carbonyl (C=O) groups is 1. The van der Waals surface area contributed by atoms with Gasteiger partial charge in [-0.1, -0.05) is 69.9 Å². The summed E-state index contributed by atoms with van der Waals surface area (Å²) in [6, 6.07) is 5.73. The first-order chi connectivity index (χ1) is 15.4. The number of rotatable bonds is 4. The van der Waals surface area contributed by atoms with Gasteiger partial charge in [0.05, 0.1) is 37.5 Å². The van der Waals surface area contributed by atoms with E-state index in [2.05, 4.69) is 4.90 Å². The van der Waals surface area contributed by atoms with Crippen molar-refractivity contribution >= 4 is 11.7 Å². The fourth-order valence-electron chi connectivity index (χ4n) is 5.20. The zero-order valence-electron chi connectivity index (χ0n) is 19.2. The predicted octanol–water partition coefficient (Wildman–Crippen LogP) is 6.39. The third kappa shape index (κ3) is 6.87. The van der Waals surface area contributed by atoms with E-state index in [0.717, 1.165) is 31.7 Å². The van der Waals surface area contributed by atoms with Gasteiger partial charge < -0.3 is 9.64 Å². The zero-order chi connectivity index (χ0) is 23.0. The van der Waals surface area contributed by atoms with Crippen molar-refractivity contribution in [2.75, 3.05) is 25.2 Å². The number of esters is 1. The number of hydrogen-bond donors (Lipinski definition) is 0. The standard InChI is InChI=1S/C25H37F3N2O2/c1-32-24(31)17-21-18-29(20-13-9-7-5-3-2-4-6-8-10-14-20)19-30(21)23-16-12-11-15-22(23)25(26,27)28/h11-12,15-16,20-21H,2-10,13-14,17-19H2,1H3. The van der Waals surface area contributed by atoms with E-state index in [-0.39, 0.29) is 24.1 Å². The smallest absolute Gasteiger partial charge is 0.418 e. The SMILES string of the molecule is COC(=O)CC1CN(C2CCCCCCCCCCC2)CN1c1ccccc1C(F)(F)F. The quantitative estimate of drug-likeness (QED) is 0.494. The second-order valence-corrected chi connectivity index (χ2v) is 9.24. The Balaban J connectivity index is 1.80. The molecule has 2 fully saturated rings. The van der Waals surface area contributed by atoms with Crippen molar-refractivity contribution in [3.63, 3.8) is 0 Å². The number of halogens is 3. The Labute approximate surface area is 190 Å². The first kappa shape index (κ1) is 24.9. The van der Waals surface area contributed by atoms with Crippen molar-refractivity contribution in [3.05, 3.63) is 29.8 Å². The maximum Gasteiger partial charge on any atom is 0.418 e. The molecular formula is C25H37F3N2O2. The van der Waals surface area contributed by atoms with E-state index < -0.39 is 11.7 Å². The summed E-state index contributed by atoms with van der Waals surface area (Å²) >= 11 is 0. The summed E-state index contributed by atoms with van der Waals surface area (Å²) in [5, 5.41) is 0. The summed E-state index contributed by atoms with van der Waals surface area (Å²) in [4.78, 5) is 16.2. The number of methoxy groups -OCH3 is 1. The fourth-order valence-corrected chi connectivity index (χ4v) is 5.20. The van der Waals surface area contributed by atoms with Gasteiger partial charge in [-0.25, -0.2) is 0 Å². The van der Waals surface area contributed by atoms with E-state index in [1.54, 1.807) is 11.0 Å². The number of carbonyl (C=O) groups excluding carboxylic acids is 1. The van der Waals surface area contributed by atoms with Crippen LogP contribution < -0.4 is 4.90 Å². The summed E-state index contributed by atoms with van der Waals surface area (Å²) in [6.07, 6.45) is 9.01. The van der Waals surface area contributed by atoms with Crippen LogP contribution in [-0.4, -0.2) is 43.3 Å². The second kappa shape index (κ2) is 11.9. The van der Waals surface area contributed by atoms with Crippen LogP contribution in [0.1, 0.15) is 82.6 Å². The molecule has 1 saturated carbocycles. The Kier molecular flexibility index (Phi) is 9.26. The van der Waals surface area contributed by atoms with Gasteiger partial charge in [-0.2, -0.15) is 13.2 Å². The van der Waals surface area contributed by atoms with E-state index in [1.807, 2.05) is 0 Å². The fraction of sp³-hybridized carbons (Fsp3) is 0.720. The minimum Gasteiger partial charge on any atom is -0.469 e. The summed E-state index contributed by atoms with van der Waals surface area (Å²) in [6.45, 7) is 1.01. The normalized spacial score (nSPS) is 22.9. The molecule has 1 atom stereocenters. The van der Waals surface area contributed by atoms with Crippen LogP contribution >= 0.6 is 0 Å². The molecule has 0 amide bonds. The Hall–Kier alpha value is -1.76. The molecule has 4 nitrogen and oxygen atoms in total. The van der Waals surface area contributed by atoms with Crippen molar-refractivity contribution in [1.29, 1.82) is 0 Å². The number of para-hydroxylation sites is 1. The molecule has 1 heterocycles. The highest BCUT2D eigenvalue weighted by Crippen LogP contribution is 2.39. The number of ether oxygens (including phenoxy) is 1. The number of nitrogens with zero attached hydrogens (tertiary/aromatic N) is 2. The summed E-state index contributed by atoms with van der Waals surface area (Å²) in [7, 11) is 1.33. The van der Waals surface area contributed by atoms with Gasteiger partial charge in [0.15, 0.2) is 0 Å². The van der Waals surface area contributed by atoms with E-state index in [0.29, 0.717) is 19.3 Å². The van der Waals surface area contributed by atoms with Crippen LogP contribution in [0.5, 0.6) is 0 Å². The van der Waals surface area contributed by atoms with E-state index in [9.17, 15) is 18.0 Å². The molecule has 1 saturated heterocycles. The van der Waals surface area contributed by atoms with Crippen LogP contribution in [0.2, 0.25) is 0 Å². The molecule has 1 aliphatic heterocycles. The monoisotopic (exact) mass is 454 g/mol. The average molecular weight is 455 g/mol. The molecule has 180 valence electrons. The molecule has 2 aliphatic rings. The molecule has 0 spiro atoms. The van der Waals surface area contributed by atoms with Crippen molar-refractivity contribution in [3.8, 4) is 0 Å². The van der Waals surface area contributed by atoms with E-state index in [4.69, 9.17) is 4.74 Å². The predicted molar refractivity (Wildman–Crippen MR) is 120 cm³/mol. The topological polar surface area (TPSA) is 32.8 Å². The lowest BCUT2D eigenvalue weighted by Crippen LogP contribution is -2.36. The van der Waals surface area contributed by atoms with Gasteiger partial charge in [-0.05, 0) is 25.0 Å². The number of anilines is 1. The van der Waals surface area contributed by atoms with E-state index in [1.165, 1.54) is 64.2 Å². The Morgan fingerprint density at radius 3 is 2.09 bits per heavy atom. The maximum absolute atomic E-state index is 13.7. The Morgan fingerprint density at radius 1 is 0.969 bits per heavy atom. The highest BCUT2D eigenvalue weighted by molar-refractivity contribution is 5.71. The summed E-state index contributed by atoms with van der Waals surface area (Å²) in [5.74, 6) is -0.384. The molecule has 0 N–H and O–H groups in total. The van der Waals surface area contributed by atoms with Gasteiger partial charge >= 0.3 is 12.1 Å². The molecule has 1 aliphatic carbocycles. The van der Waals surface area contributed by atoms with Crippen molar-refractivity contribution in [1.82, 2.24) is 4.90 Å². The van der Waals surface area contributed by atoms with Gasteiger partial charge in [0.25, 0.3) is 0 Å². The molecular weight excluding hydrogens is 417 g/mol. The van der Waals surface area contributed by atoms with Gasteiger partial charge in [-0.15, -0.1) is 0 Å². The lowest BCUT2D eigenvalue weighted by molar-refractivity contribution is -0.140. The molecule has 1 aromatic rings. The second-order valence-electron chi connectivity index (χ2n) is 9.24. The van der Waals surface area contributed by atoms with Gasteiger partial charge in [0, 0.05) is 12.6 Å². The molecule has 3 rings (SSSR count). The molecule has 0 bridgehead atoms. The Bertz CT molecular complexity index is 713. The molecule has 1 aromatic carbocycles. The highest BCUT2D eigenvalue weighted by Gasteiger charge is 2.40. The van der Waals surface area contributed by atoms with Crippen LogP contribution in [0, 0.1) is 0 Å². The maximum atomic E-state index is 13.7. The summed E-state index contributed by atoms with van der Waals surface area (Å²) < 4.78 is 46.1. The van der Waals surface area contributed by atoms with Crippen LogP contribution in [0.4, 0.5) is 18.9 Å². The van der Waals surface area contributed by atoms with Gasteiger partial charge in [0.1, 0.15) is 0 Å². The average Bonchev–Trinajstić information content (AvgIpc) is 3.17. The van der Waals surface area contributed by atoms with Gasteiger partial charge in [-0.3, -0.25) is 9.69 Å². The first-order valence-corrected chi connectivity index (χ1v) is 12.1. The molecule has 1 unspecified atom stereocenters. The van der Waals surface area contributed by atoms with Crippen LogP contribution in [-0.2, 0) is 15.7 Å². The third-order valence-electron chi connectivity index (χ3n) is 6.96. The third-order valence-corrected chi connectivity index (χ3v) is 6.96. The molecule has 7 heteroatoms. The van der Waals surface area contributed by atoms with Crippen LogP contribution in [0.3, 0.4) is 0 Å². The Morgan fingerprint density at radius 2 is 1.53 bits per heavy atom. The summed E-state index contributed by atoms with van der Waals surface area (Å²) in [5.41, 5.74) is -0.486. The van der Waals surface area contributed by atoms with Crippen LogP contribution in [0.25, 0.3) is 0 Å². The number of alkyl halides is 3. The molecule has 0 aromatic heterocycles. The lowest BCUT2D eigenvalue weighted by atomic mass is 9.97. The first-order valence-electron chi connectivity index (χ1n) is 12.1. The van der Waals surface area contributed by atoms with Crippen molar-refractivity contribution in [2.45, 2.75) is 95.3 Å². The number of benzene rings is 1.